The van der Waals surface area contributed by atoms with Gasteiger partial charge in [-0.05, 0) is 36.8 Å². The Morgan fingerprint density at radius 2 is 1.64 bits per heavy atom. The summed E-state index contributed by atoms with van der Waals surface area (Å²) in [6, 6.07) is 23.2. The highest BCUT2D eigenvalue weighted by Gasteiger charge is 2.24. The molecule has 2 aromatic heterocycles. The molecule has 0 radical (unpaired) electrons. The number of rotatable bonds is 7. The maximum atomic E-state index is 13.8. The average Bonchev–Trinajstić information content (AvgIpc) is 3.37. The number of hydrogen-bond donors (Lipinski definition) is 0. The summed E-state index contributed by atoms with van der Waals surface area (Å²) in [6.45, 7) is 2.49. The monoisotopic (exact) mass is 499 g/mol. The molecule has 3 aromatic carbocycles. The molecule has 0 aliphatic carbocycles. The van der Waals surface area contributed by atoms with Crippen LogP contribution < -0.4 is 5.56 Å². The van der Waals surface area contributed by atoms with E-state index >= 15 is 0 Å². The first-order valence-corrected chi connectivity index (χ1v) is 11.9. The first kappa shape index (κ1) is 23.4. The molecule has 9 heteroatoms. The van der Waals surface area contributed by atoms with Crippen molar-refractivity contribution in [1.82, 2.24) is 24.9 Å². The Bertz CT molecular complexity index is 1600. The molecule has 180 valence electrons. The van der Waals surface area contributed by atoms with Gasteiger partial charge in [0.05, 0.1) is 28.2 Å². The van der Waals surface area contributed by atoms with Crippen LogP contribution in [0.1, 0.15) is 29.7 Å². The van der Waals surface area contributed by atoms with Gasteiger partial charge >= 0.3 is 0 Å². The van der Waals surface area contributed by atoms with Crippen molar-refractivity contribution in [2.24, 2.45) is 0 Å². The normalized spacial score (nSPS) is 11.1. The van der Waals surface area contributed by atoms with Crippen LogP contribution in [0.25, 0.3) is 27.9 Å². The molecule has 0 atom stereocenters. The van der Waals surface area contributed by atoms with Gasteiger partial charge in [-0.2, -0.15) is 9.78 Å². The summed E-state index contributed by atoms with van der Waals surface area (Å²) < 4.78 is 7.10. The lowest BCUT2D eigenvalue weighted by Gasteiger charge is -2.21. The Kier molecular flexibility index (Phi) is 6.60. The zero-order valence-corrected chi connectivity index (χ0v) is 20.2. The minimum Gasteiger partial charge on any atom is -0.419 e. The lowest BCUT2D eigenvalue weighted by Crippen LogP contribution is -2.34. The van der Waals surface area contributed by atoms with Crippen LogP contribution in [0.4, 0.5) is 0 Å². The van der Waals surface area contributed by atoms with Crippen LogP contribution in [0.5, 0.6) is 0 Å². The van der Waals surface area contributed by atoms with Gasteiger partial charge in [0.2, 0.25) is 11.8 Å². The van der Waals surface area contributed by atoms with Gasteiger partial charge in [-0.1, -0.05) is 67.1 Å². The van der Waals surface area contributed by atoms with E-state index in [4.69, 9.17) is 16.0 Å². The van der Waals surface area contributed by atoms with Crippen LogP contribution in [-0.4, -0.2) is 37.3 Å². The summed E-state index contributed by atoms with van der Waals surface area (Å²) in [5.41, 5.74) is 1.07. The minimum atomic E-state index is -0.338. The van der Waals surface area contributed by atoms with Gasteiger partial charge in [-0.3, -0.25) is 9.59 Å². The number of carbonyl (C=O) groups is 1. The maximum Gasteiger partial charge on any atom is 0.279 e. The van der Waals surface area contributed by atoms with Gasteiger partial charge in [-0.15, -0.1) is 10.2 Å². The molecule has 0 N–H and O–H groups in total. The van der Waals surface area contributed by atoms with E-state index in [-0.39, 0.29) is 35.5 Å². The molecule has 1 amide bonds. The van der Waals surface area contributed by atoms with E-state index in [1.165, 1.54) is 4.68 Å². The van der Waals surface area contributed by atoms with Crippen molar-refractivity contribution in [3.8, 4) is 17.1 Å². The summed E-state index contributed by atoms with van der Waals surface area (Å²) in [7, 11) is 0. The molecule has 8 nitrogen and oxygen atoms in total. The van der Waals surface area contributed by atoms with Crippen LogP contribution in [0.15, 0.2) is 88.1 Å². The van der Waals surface area contributed by atoms with Crippen molar-refractivity contribution < 1.29 is 9.21 Å². The predicted molar refractivity (Wildman–Crippen MR) is 137 cm³/mol. The first-order chi connectivity index (χ1) is 17.6. The third kappa shape index (κ3) is 4.50. The highest BCUT2D eigenvalue weighted by Crippen LogP contribution is 2.27. The van der Waals surface area contributed by atoms with Gasteiger partial charge in [0, 0.05) is 11.9 Å². The SMILES string of the molecule is CCCN(Cc1nnc(-c2ccccc2Cl)o1)C(=O)c1nn(-c2ccccc2)c(=O)c2ccccc12. The number of hydrogen-bond acceptors (Lipinski definition) is 6. The summed E-state index contributed by atoms with van der Waals surface area (Å²) in [6.07, 6.45) is 0.702. The van der Waals surface area contributed by atoms with E-state index < -0.39 is 0 Å². The molecule has 2 heterocycles. The minimum absolute atomic E-state index is 0.0879. The van der Waals surface area contributed by atoms with Crippen LogP contribution in [0.2, 0.25) is 5.02 Å². The quantitative estimate of drug-likeness (QED) is 0.307. The molecule has 5 aromatic rings. The molecule has 0 fully saturated rings. The third-order valence-corrected chi connectivity index (χ3v) is 6.02. The zero-order chi connectivity index (χ0) is 25.1. The van der Waals surface area contributed by atoms with E-state index in [1.54, 1.807) is 53.4 Å². The first-order valence-electron chi connectivity index (χ1n) is 11.5. The van der Waals surface area contributed by atoms with Gasteiger partial charge in [-0.25, -0.2) is 0 Å². The molecule has 0 aliphatic heterocycles. The molecule has 0 aliphatic rings. The summed E-state index contributed by atoms with van der Waals surface area (Å²) in [5.74, 6) is 0.211. The molecule has 0 saturated carbocycles. The lowest BCUT2D eigenvalue weighted by atomic mass is 10.1. The molecule has 0 spiro atoms. The summed E-state index contributed by atoms with van der Waals surface area (Å²) in [4.78, 5) is 28.6. The highest BCUT2D eigenvalue weighted by molar-refractivity contribution is 6.33. The molecule has 0 bridgehead atoms. The fraction of sp³-hybridized carbons (Fsp3) is 0.148. The fourth-order valence-corrected chi connectivity index (χ4v) is 4.20. The number of halogens is 1. The van der Waals surface area contributed by atoms with Crippen molar-refractivity contribution in [3.05, 3.63) is 106 Å². The second-order valence-corrected chi connectivity index (χ2v) is 8.56. The van der Waals surface area contributed by atoms with Crippen molar-refractivity contribution in [2.75, 3.05) is 6.54 Å². The second-order valence-electron chi connectivity index (χ2n) is 8.15. The van der Waals surface area contributed by atoms with Crippen LogP contribution in [0, 0.1) is 0 Å². The Morgan fingerprint density at radius 3 is 2.39 bits per heavy atom. The standard InChI is InChI=1S/C27H22ClN5O3/c1-2-16-32(17-23-29-30-25(36-23)21-14-8-9-15-22(21)28)27(35)24-19-12-6-7-13-20(19)26(34)33(31-24)18-10-4-3-5-11-18/h3-15H,2,16-17H2,1H3. The maximum absolute atomic E-state index is 13.8. The van der Waals surface area contributed by atoms with E-state index in [9.17, 15) is 9.59 Å². The number of carbonyl (C=O) groups excluding carboxylic acids is 1. The van der Waals surface area contributed by atoms with E-state index in [1.807, 2.05) is 37.3 Å². The summed E-state index contributed by atoms with van der Waals surface area (Å²) >= 11 is 6.26. The Labute approximate surface area is 211 Å². The number of benzene rings is 3. The number of para-hydroxylation sites is 1. The van der Waals surface area contributed by atoms with Gasteiger partial charge in [0.1, 0.15) is 0 Å². The largest absolute Gasteiger partial charge is 0.419 e. The second kappa shape index (κ2) is 10.1. The van der Waals surface area contributed by atoms with E-state index in [2.05, 4.69) is 15.3 Å². The molecule has 0 unspecified atom stereocenters. The van der Waals surface area contributed by atoms with E-state index in [0.29, 0.717) is 40.0 Å². The third-order valence-electron chi connectivity index (χ3n) is 5.69. The molecule has 36 heavy (non-hydrogen) atoms. The Hall–Kier alpha value is -4.30. The van der Waals surface area contributed by atoms with Crippen LogP contribution in [-0.2, 0) is 6.54 Å². The molecule has 5 rings (SSSR count). The van der Waals surface area contributed by atoms with Gasteiger partial charge in [0.15, 0.2) is 5.69 Å². The molecular weight excluding hydrogens is 478 g/mol. The summed E-state index contributed by atoms with van der Waals surface area (Å²) in [5, 5.41) is 14.1. The molecule has 0 saturated heterocycles. The Morgan fingerprint density at radius 1 is 0.944 bits per heavy atom. The number of nitrogens with zero attached hydrogens (tertiary/aromatic N) is 5. The number of aromatic nitrogens is 4. The fourth-order valence-electron chi connectivity index (χ4n) is 3.99. The smallest absolute Gasteiger partial charge is 0.279 e. The average molecular weight is 500 g/mol. The van der Waals surface area contributed by atoms with E-state index in [0.717, 1.165) is 0 Å². The van der Waals surface area contributed by atoms with Crippen LogP contribution in [0.3, 0.4) is 0 Å². The van der Waals surface area contributed by atoms with Crippen molar-refractivity contribution >= 4 is 28.3 Å². The predicted octanol–water partition coefficient (Wildman–Crippen LogP) is 5.14. The van der Waals surface area contributed by atoms with Gasteiger partial charge in [0.25, 0.3) is 11.5 Å². The van der Waals surface area contributed by atoms with Crippen molar-refractivity contribution in [3.63, 3.8) is 0 Å². The molecular formula is C27H22ClN5O3. The topological polar surface area (TPSA) is 94.1 Å². The van der Waals surface area contributed by atoms with Crippen molar-refractivity contribution in [1.29, 1.82) is 0 Å². The highest BCUT2D eigenvalue weighted by atomic mass is 35.5. The zero-order valence-electron chi connectivity index (χ0n) is 19.5. The van der Waals surface area contributed by atoms with Crippen LogP contribution >= 0.6 is 11.6 Å². The number of fused-ring (bicyclic) bond motifs is 1. The number of amides is 1. The Balaban J connectivity index is 1.54. The van der Waals surface area contributed by atoms with Crippen molar-refractivity contribution in [2.45, 2.75) is 19.9 Å². The lowest BCUT2D eigenvalue weighted by molar-refractivity contribution is 0.0723. The van der Waals surface area contributed by atoms with Gasteiger partial charge < -0.3 is 9.32 Å².